The van der Waals surface area contributed by atoms with Crippen LogP contribution in [0.4, 0.5) is 0 Å². The van der Waals surface area contributed by atoms with Crippen molar-refractivity contribution in [1.29, 1.82) is 0 Å². The molecule has 35 heavy (non-hydrogen) atoms. The van der Waals surface area contributed by atoms with E-state index in [0.29, 0.717) is 47.3 Å². The highest BCUT2D eigenvalue weighted by Crippen LogP contribution is 2.42. The molecule has 2 heterocycles. The molecule has 1 amide bonds. The van der Waals surface area contributed by atoms with Gasteiger partial charge in [-0.2, -0.15) is 0 Å². The largest absolute Gasteiger partial charge is 0.507 e. The second-order valence-electron chi connectivity index (χ2n) is 8.26. The number of rotatable bonds is 5. The van der Waals surface area contributed by atoms with E-state index < -0.39 is 17.7 Å². The zero-order valence-electron chi connectivity index (χ0n) is 18.5. The first kappa shape index (κ1) is 23.3. The molecule has 178 valence electrons. The van der Waals surface area contributed by atoms with Crippen LogP contribution >= 0.6 is 23.2 Å². The zero-order chi connectivity index (χ0) is 24.5. The van der Waals surface area contributed by atoms with Crippen LogP contribution in [0.5, 0.6) is 11.5 Å². The van der Waals surface area contributed by atoms with Crippen LogP contribution in [0.1, 0.15) is 22.7 Å². The van der Waals surface area contributed by atoms with E-state index in [4.69, 9.17) is 32.7 Å². The van der Waals surface area contributed by atoms with Crippen molar-refractivity contribution in [2.24, 2.45) is 0 Å². The third-order valence-corrected chi connectivity index (χ3v) is 6.84. The monoisotopic (exact) mass is 509 g/mol. The Morgan fingerprint density at radius 1 is 0.914 bits per heavy atom. The minimum atomic E-state index is -0.832. The molecule has 6 nitrogen and oxygen atoms in total. The Balaban J connectivity index is 1.59. The molecule has 1 N–H and O–H groups in total. The molecule has 1 fully saturated rings. The molecule has 8 heteroatoms. The van der Waals surface area contributed by atoms with Crippen LogP contribution in [0.3, 0.4) is 0 Å². The summed E-state index contributed by atoms with van der Waals surface area (Å²) in [5.41, 5.74) is 1.93. The summed E-state index contributed by atoms with van der Waals surface area (Å²) in [6.45, 7) is 1.09. The second kappa shape index (κ2) is 9.64. The number of carbonyl (C=O) groups is 2. The number of hydrogen-bond donors (Lipinski definition) is 1. The Labute approximate surface area is 212 Å². The van der Waals surface area contributed by atoms with Crippen LogP contribution < -0.4 is 9.47 Å². The van der Waals surface area contributed by atoms with Gasteiger partial charge in [0.05, 0.1) is 21.7 Å². The van der Waals surface area contributed by atoms with Crippen molar-refractivity contribution < 1.29 is 24.2 Å². The number of likely N-dealkylation sites (tertiary alicyclic amines) is 1. The lowest BCUT2D eigenvalue weighted by atomic mass is 9.95. The lowest BCUT2D eigenvalue weighted by Gasteiger charge is -2.26. The van der Waals surface area contributed by atoms with Gasteiger partial charge in [-0.3, -0.25) is 9.59 Å². The van der Waals surface area contributed by atoms with Crippen LogP contribution in [-0.4, -0.2) is 41.5 Å². The van der Waals surface area contributed by atoms with E-state index in [9.17, 15) is 14.7 Å². The molecular weight excluding hydrogens is 489 g/mol. The van der Waals surface area contributed by atoms with E-state index in [-0.39, 0.29) is 22.9 Å². The van der Waals surface area contributed by atoms with E-state index in [1.807, 2.05) is 30.3 Å². The van der Waals surface area contributed by atoms with Crippen molar-refractivity contribution >= 4 is 40.7 Å². The summed E-state index contributed by atoms with van der Waals surface area (Å²) in [5.74, 6) is -0.724. The summed E-state index contributed by atoms with van der Waals surface area (Å²) >= 11 is 12.4. The molecule has 1 atom stereocenters. The number of carbonyl (C=O) groups excluding carboxylic acids is 2. The topological polar surface area (TPSA) is 76.1 Å². The molecular formula is C27H21Cl2NO5. The number of fused-ring (bicyclic) bond motifs is 1. The highest BCUT2D eigenvalue weighted by Gasteiger charge is 2.46. The number of aliphatic hydroxyl groups excluding tert-OH is 1. The SMILES string of the molecule is O=C1C(=O)N(CCc2ccccc2)C(c2ccc(Cl)c(Cl)c2)/C1=C(\O)c1ccc2c(c1)OCCO2. The van der Waals surface area contributed by atoms with E-state index in [2.05, 4.69) is 0 Å². The minimum absolute atomic E-state index is 0.0156. The normalized spacial score (nSPS) is 18.7. The van der Waals surface area contributed by atoms with Crippen molar-refractivity contribution in [2.75, 3.05) is 19.8 Å². The molecule has 2 aliphatic rings. The van der Waals surface area contributed by atoms with E-state index >= 15 is 0 Å². The second-order valence-corrected chi connectivity index (χ2v) is 9.07. The fraction of sp³-hybridized carbons (Fsp3) is 0.185. The Kier molecular flexibility index (Phi) is 6.41. The van der Waals surface area contributed by atoms with E-state index in [1.54, 1.807) is 36.4 Å². The third-order valence-electron chi connectivity index (χ3n) is 6.10. The maximum Gasteiger partial charge on any atom is 0.295 e. The van der Waals surface area contributed by atoms with Crippen molar-refractivity contribution in [1.82, 2.24) is 4.90 Å². The van der Waals surface area contributed by atoms with Crippen LogP contribution in [0.25, 0.3) is 5.76 Å². The molecule has 5 rings (SSSR count). The van der Waals surface area contributed by atoms with Gasteiger partial charge in [-0.05, 0) is 47.9 Å². The predicted octanol–water partition coefficient (Wildman–Crippen LogP) is 5.43. The highest BCUT2D eigenvalue weighted by molar-refractivity contribution is 6.46. The molecule has 0 saturated carbocycles. The molecule has 0 bridgehead atoms. The number of aliphatic hydroxyl groups is 1. The first-order valence-electron chi connectivity index (χ1n) is 11.1. The van der Waals surface area contributed by atoms with Gasteiger partial charge < -0.3 is 19.5 Å². The molecule has 1 saturated heterocycles. The number of amides is 1. The first-order valence-corrected chi connectivity index (χ1v) is 11.9. The summed E-state index contributed by atoms with van der Waals surface area (Å²) < 4.78 is 11.2. The van der Waals surface area contributed by atoms with Crippen molar-refractivity contribution in [3.05, 3.63) is 99.0 Å². The molecule has 3 aromatic rings. The molecule has 0 aromatic heterocycles. The smallest absolute Gasteiger partial charge is 0.295 e. The number of ketones is 1. The van der Waals surface area contributed by atoms with Gasteiger partial charge in [0, 0.05) is 12.1 Å². The van der Waals surface area contributed by atoms with E-state index in [1.165, 1.54) is 4.90 Å². The maximum atomic E-state index is 13.2. The van der Waals surface area contributed by atoms with Gasteiger partial charge in [-0.15, -0.1) is 0 Å². The maximum absolute atomic E-state index is 13.2. The molecule has 0 spiro atoms. The first-order chi connectivity index (χ1) is 16.9. The van der Waals surface area contributed by atoms with Gasteiger partial charge in [0.2, 0.25) is 0 Å². The highest BCUT2D eigenvalue weighted by atomic mass is 35.5. The van der Waals surface area contributed by atoms with Crippen LogP contribution in [0, 0.1) is 0 Å². The van der Waals surface area contributed by atoms with E-state index in [0.717, 1.165) is 5.56 Å². The number of hydrogen-bond acceptors (Lipinski definition) is 5. The van der Waals surface area contributed by atoms with Gasteiger partial charge in [-0.25, -0.2) is 0 Å². The molecule has 3 aromatic carbocycles. The quantitative estimate of drug-likeness (QED) is 0.282. The molecule has 0 radical (unpaired) electrons. The molecule has 0 aliphatic carbocycles. The van der Waals surface area contributed by atoms with Gasteiger partial charge in [-0.1, -0.05) is 59.6 Å². The number of halogens is 2. The lowest BCUT2D eigenvalue weighted by Crippen LogP contribution is -2.31. The summed E-state index contributed by atoms with van der Waals surface area (Å²) in [5, 5.41) is 11.9. The fourth-order valence-corrected chi connectivity index (χ4v) is 4.69. The van der Waals surface area contributed by atoms with Crippen molar-refractivity contribution in [2.45, 2.75) is 12.5 Å². The van der Waals surface area contributed by atoms with Crippen molar-refractivity contribution in [3.8, 4) is 11.5 Å². The van der Waals surface area contributed by atoms with Gasteiger partial charge in [0.1, 0.15) is 19.0 Å². The van der Waals surface area contributed by atoms with Crippen LogP contribution in [0.2, 0.25) is 10.0 Å². The zero-order valence-corrected chi connectivity index (χ0v) is 20.1. The Morgan fingerprint density at radius 3 is 2.40 bits per heavy atom. The average molecular weight is 510 g/mol. The van der Waals surface area contributed by atoms with Gasteiger partial charge in [0.15, 0.2) is 11.5 Å². The van der Waals surface area contributed by atoms with Crippen LogP contribution in [-0.2, 0) is 16.0 Å². The summed E-state index contributed by atoms with van der Waals surface area (Å²) in [4.78, 5) is 27.9. The third kappa shape index (κ3) is 4.47. The standard InChI is InChI=1S/C27H21Cl2NO5/c28-19-8-6-17(14-20(19)29)24-23(25(31)18-7-9-21-22(15-18)35-13-12-34-21)26(32)27(33)30(24)11-10-16-4-2-1-3-5-16/h1-9,14-15,24,31H,10-13H2/b25-23+. The summed E-state index contributed by atoms with van der Waals surface area (Å²) in [7, 11) is 0. The van der Waals surface area contributed by atoms with Crippen LogP contribution in [0.15, 0.2) is 72.3 Å². The summed E-state index contributed by atoms with van der Waals surface area (Å²) in [6, 6.07) is 18.7. The average Bonchev–Trinajstić information content (AvgIpc) is 3.14. The Hall–Kier alpha value is -3.48. The number of Topliss-reactive ketones (excluding diaryl/α,β-unsaturated/α-hetero) is 1. The molecule has 2 aliphatic heterocycles. The van der Waals surface area contributed by atoms with Crippen molar-refractivity contribution in [3.63, 3.8) is 0 Å². The predicted molar refractivity (Wildman–Crippen MR) is 133 cm³/mol. The molecule has 1 unspecified atom stereocenters. The van der Waals surface area contributed by atoms with Gasteiger partial charge >= 0.3 is 0 Å². The summed E-state index contributed by atoms with van der Waals surface area (Å²) in [6.07, 6.45) is 0.537. The lowest BCUT2D eigenvalue weighted by molar-refractivity contribution is -0.139. The minimum Gasteiger partial charge on any atom is -0.507 e. The van der Waals surface area contributed by atoms with Gasteiger partial charge in [0.25, 0.3) is 11.7 Å². The number of nitrogens with zero attached hydrogens (tertiary/aromatic N) is 1. The fourth-order valence-electron chi connectivity index (χ4n) is 4.38. The number of benzene rings is 3. The number of ether oxygens (including phenoxy) is 2. The Bertz CT molecular complexity index is 1340. The Morgan fingerprint density at radius 2 is 1.66 bits per heavy atom.